The molecule has 0 fully saturated rings. The van der Waals surface area contributed by atoms with Gasteiger partial charge in [0.05, 0.1) is 10.2 Å². The van der Waals surface area contributed by atoms with E-state index in [0.29, 0.717) is 5.01 Å². The van der Waals surface area contributed by atoms with Crippen molar-refractivity contribution in [1.29, 1.82) is 0 Å². The molecule has 0 aliphatic carbocycles. The normalized spacial score (nSPS) is 9.73. The van der Waals surface area contributed by atoms with Gasteiger partial charge in [-0.15, -0.1) is 11.3 Å². The molecule has 0 atom stereocenters. The molecular formula is C9H4NS. The lowest BCUT2D eigenvalue weighted by Gasteiger charge is -1.80. The van der Waals surface area contributed by atoms with Crippen LogP contribution < -0.4 is 0 Å². The standard InChI is InChI=1S/C9H4NS/c1-2-9-10-7-5-3-4-6-8(7)11-9/h3-6H. The first kappa shape index (κ1) is 6.38. The van der Waals surface area contributed by atoms with E-state index in [0.717, 1.165) is 10.2 Å². The maximum atomic E-state index is 6.87. The minimum Gasteiger partial charge on any atom is -0.228 e. The number of hydrogen-bond donors (Lipinski definition) is 0. The largest absolute Gasteiger partial charge is 0.228 e. The Morgan fingerprint density at radius 3 is 2.91 bits per heavy atom. The fraction of sp³-hybridized carbons (Fsp3) is 0. The fourth-order valence-corrected chi connectivity index (χ4v) is 1.69. The highest BCUT2D eigenvalue weighted by Gasteiger charge is 1.97. The summed E-state index contributed by atoms with van der Waals surface area (Å²) < 4.78 is 1.11. The first-order valence-corrected chi connectivity index (χ1v) is 4.00. The maximum Gasteiger partial charge on any atom is 0.169 e. The summed E-state index contributed by atoms with van der Waals surface area (Å²) in [5.74, 6) is 2.27. The summed E-state index contributed by atoms with van der Waals surface area (Å²) >= 11 is 1.49. The van der Waals surface area contributed by atoms with Crippen LogP contribution in [-0.4, -0.2) is 4.98 Å². The molecule has 1 nitrogen and oxygen atoms in total. The van der Waals surface area contributed by atoms with Gasteiger partial charge in [0, 0.05) is 0 Å². The summed E-state index contributed by atoms with van der Waals surface area (Å²) in [6, 6.07) is 7.84. The number of benzene rings is 1. The fourth-order valence-electron chi connectivity index (χ4n) is 0.926. The lowest BCUT2D eigenvalue weighted by Crippen LogP contribution is -1.66. The van der Waals surface area contributed by atoms with Gasteiger partial charge in [0.25, 0.3) is 0 Å². The number of para-hydroxylation sites is 1. The van der Waals surface area contributed by atoms with Crippen LogP contribution in [0.5, 0.6) is 0 Å². The van der Waals surface area contributed by atoms with Crippen molar-refractivity contribution in [2.24, 2.45) is 0 Å². The molecule has 0 spiro atoms. The second-order valence-corrected chi connectivity index (χ2v) is 3.14. The van der Waals surface area contributed by atoms with E-state index in [1.54, 1.807) is 0 Å². The first-order chi connectivity index (χ1) is 5.40. The van der Waals surface area contributed by atoms with Gasteiger partial charge in [-0.3, -0.25) is 0 Å². The van der Waals surface area contributed by atoms with Gasteiger partial charge < -0.3 is 0 Å². The molecule has 0 saturated carbocycles. The summed E-state index contributed by atoms with van der Waals surface area (Å²) in [6.45, 7) is 0. The molecule has 2 rings (SSSR count). The van der Waals surface area contributed by atoms with Crippen LogP contribution in [0.1, 0.15) is 5.01 Å². The van der Waals surface area contributed by atoms with Crippen molar-refractivity contribution in [3.8, 4) is 5.92 Å². The Kier molecular flexibility index (Phi) is 1.38. The number of fused-ring (bicyclic) bond motifs is 1. The average molecular weight is 158 g/mol. The molecule has 1 radical (unpaired) electrons. The van der Waals surface area contributed by atoms with Crippen LogP contribution in [0, 0.1) is 12.3 Å². The molecule has 11 heavy (non-hydrogen) atoms. The summed E-state index contributed by atoms with van der Waals surface area (Å²) in [4.78, 5) is 4.15. The second-order valence-electron chi connectivity index (χ2n) is 2.11. The van der Waals surface area contributed by atoms with Crippen LogP contribution in [-0.2, 0) is 0 Å². The van der Waals surface area contributed by atoms with Crippen molar-refractivity contribution < 1.29 is 0 Å². The van der Waals surface area contributed by atoms with Gasteiger partial charge in [0.1, 0.15) is 0 Å². The molecule has 0 aliphatic rings. The predicted molar refractivity (Wildman–Crippen MR) is 45.9 cm³/mol. The highest BCUT2D eigenvalue weighted by Crippen LogP contribution is 2.20. The summed E-state index contributed by atoms with van der Waals surface area (Å²) in [7, 11) is 0. The smallest absolute Gasteiger partial charge is 0.169 e. The average Bonchev–Trinajstić information content (AvgIpc) is 2.46. The molecule has 1 aromatic carbocycles. The van der Waals surface area contributed by atoms with Gasteiger partial charge >= 0.3 is 0 Å². The highest BCUT2D eigenvalue weighted by atomic mass is 32.1. The van der Waals surface area contributed by atoms with Gasteiger partial charge in [0.15, 0.2) is 5.01 Å². The van der Waals surface area contributed by atoms with Crippen LogP contribution in [0.15, 0.2) is 24.3 Å². The van der Waals surface area contributed by atoms with E-state index in [1.807, 2.05) is 24.3 Å². The molecule has 1 aromatic heterocycles. The van der Waals surface area contributed by atoms with E-state index in [1.165, 1.54) is 11.3 Å². The Labute approximate surface area is 68.7 Å². The van der Waals surface area contributed by atoms with Gasteiger partial charge in [0.2, 0.25) is 0 Å². The Balaban J connectivity index is 2.81. The minimum atomic E-state index is 0.645. The van der Waals surface area contributed by atoms with Crippen LogP contribution in [0.3, 0.4) is 0 Å². The maximum absolute atomic E-state index is 6.87. The Morgan fingerprint density at radius 1 is 1.36 bits per heavy atom. The molecule has 0 aliphatic heterocycles. The molecule has 0 unspecified atom stereocenters. The molecule has 0 saturated heterocycles. The lowest BCUT2D eigenvalue weighted by molar-refractivity contribution is 1.45. The van der Waals surface area contributed by atoms with E-state index in [2.05, 4.69) is 10.9 Å². The van der Waals surface area contributed by atoms with Gasteiger partial charge in [-0.1, -0.05) is 12.1 Å². The van der Waals surface area contributed by atoms with Crippen molar-refractivity contribution >= 4 is 21.6 Å². The lowest BCUT2D eigenvalue weighted by atomic mass is 10.3. The zero-order valence-electron chi connectivity index (χ0n) is 5.66. The third-order valence-electron chi connectivity index (χ3n) is 1.40. The third-order valence-corrected chi connectivity index (χ3v) is 2.35. The van der Waals surface area contributed by atoms with E-state index < -0.39 is 0 Å². The minimum absolute atomic E-state index is 0.645. The van der Waals surface area contributed by atoms with Crippen LogP contribution in [0.2, 0.25) is 0 Å². The number of hydrogen-bond acceptors (Lipinski definition) is 2. The molecule has 51 valence electrons. The number of aromatic nitrogens is 1. The summed E-state index contributed by atoms with van der Waals surface area (Å²) in [5.41, 5.74) is 0.951. The third kappa shape index (κ3) is 0.997. The van der Waals surface area contributed by atoms with Crippen molar-refractivity contribution in [3.63, 3.8) is 0 Å². The van der Waals surface area contributed by atoms with E-state index in [-0.39, 0.29) is 0 Å². The van der Waals surface area contributed by atoms with Crippen molar-refractivity contribution in [1.82, 2.24) is 4.98 Å². The van der Waals surface area contributed by atoms with E-state index in [9.17, 15) is 0 Å². The number of rotatable bonds is 0. The van der Waals surface area contributed by atoms with Crippen LogP contribution >= 0.6 is 11.3 Å². The zero-order valence-corrected chi connectivity index (χ0v) is 6.48. The summed E-state index contributed by atoms with van der Waals surface area (Å²) in [5, 5.41) is 0.645. The molecule has 2 heteroatoms. The van der Waals surface area contributed by atoms with Gasteiger partial charge in [-0.05, 0) is 24.5 Å². The molecular weight excluding hydrogens is 154 g/mol. The predicted octanol–water partition coefficient (Wildman–Crippen LogP) is 2.23. The number of thiazole rings is 1. The number of nitrogens with zero attached hydrogens (tertiary/aromatic N) is 1. The first-order valence-electron chi connectivity index (χ1n) is 3.18. The Bertz CT molecular complexity index is 389. The monoisotopic (exact) mass is 158 g/mol. The zero-order chi connectivity index (χ0) is 7.68. The topological polar surface area (TPSA) is 12.9 Å². The molecule has 0 N–H and O–H groups in total. The molecule has 1 heterocycles. The molecule has 0 amide bonds. The Hall–Kier alpha value is -1.33. The van der Waals surface area contributed by atoms with Crippen molar-refractivity contribution in [2.45, 2.75) is 0 Å². The SMILES string of the molecule is [C]#Cc1nc2ccccc2s1. The Morgan fingerprint density at radius 2 is 2.18 bits per heavy atom. The molecule has 2 aromatic rings. The van der Waals surface area contributed by atoms with Crippen molar-refractivity contribution in [2.75, 3.05) is 0 Å². The summed E-state index contributed by atoms with van der Waals surface area (Å²) in [6.07, 6.45) is 6.87. The van der Waals surface area contributed by atoms with Gasteiger partial charge in [-0.25, -0.2) is 4.98 Å². The second kappa shape index (κ2) is 2.37. The highest BCUT2D eigenvalue weighted by molar-refractivity contribution is 7.19. The van der Waals surface area contributed by atoms with E-state index in [4.69, 9.17) is 6.42 Å². The van der Waals surface area contributed by atoms with Crippen LogP contribution in [0.4, 0.5) is 0 Å². The molecule has 0 bridgehead atoms. The quantitative estimate of drug-likeness (QED) is 0.536. The van der Waals surface area contributed by atoms with Gasteiger partial charge in [-0.2, -0.15) is 0 Å². The van der Waals surface area contributed by atoms with Crippen LogP contribution in [0.25, 0.3) is 10.2 Å². The van der Waals surface area contributed by atoms with Crippen molar-refractivity contribution in [3.05, 3.63) is 35.7 Å². The van der Waals surface area contributed by atoms with E-state index >= 15 is 0 Å².